The zero-order valence-electron chi connectivity index (χ0n) is 13.4. The molecule has 8 heteroatoms. The number of carbonyl (C=O) groups excluding carboxylic acids is 1. The lowest BCUT2D eigenvalue weighted by molar-refractivity contribution is -0.130. The van der Waals surface area contributed by atoms with Crippen molar-refractivity contribution >= 4 is 34.7 Å². The van der Waals surface area contributed by atoms with Gasteiger partial charge < -0.3 is 15.4 Å². The van der Waals surface area contributed by atoms with E-state index in [0.717, 1.165) is 40.9 Å². The van der Waals surface area contributed by atoms with E-state index in [2.05, 4.69) is 20.8 Å². The van der Waals surface area contributed by atoms with Gasteiger partial charge in [0.15, 0.2) is 4.34 Å². The van der Waals surface area contributed by atoms with Crippen LogP contribution in [0, 0.1) is 5.41 Å². The van der Waals surface area contributed by atoms with Crippen molar-refractivity contribution in [2.45, 2.75) is 22.1 Å². The van der Waals surface area contributed by atoms with Crippen LogP contribution in [0.2, 0.25) is 0 Å². The molecule has 3 rings (SSSR count). The largest absolute Gasteiger partial charge is 0.384 e. The molecular weight excluding hydrogens is 344 g/mol. The Morgan fingerprint density at radius 3 is 2.75 bits per heavy atom. The van der Waals surface area contributed by atoms with Gasteiger partial charge in [-0.3, -0.25) is 4.79 Å². The summed E-state index contributed by atoms with van der Waals surface area (Å²) in [5, 5.41) is 14.2. The minimum atomic E-state index is -0.444. The first-order chi connectivity index (χ1) is 11.7. The Bertz CT molecular complexity index is 650. The third-order valence-electron chi connectivity index (χ3n) is 4.12. The normalized spacial score (nSPS) is 16.7. The lowest BCUT2D eigenvalue weighted by Gasteiger charge is -2.35. The van der Waals surface area contributed by atoms with E-state index in [-0.39, 0.29) is 5.91 Å². The number of anilines is 1. The molecule has 1 aromatic heterocycles. The smallest absolute Gasteiger partial charge is 0.233 e. The molecule has 1 saturated heterocycles. The minimum Gasteiger partial charge on any atom is -0.384 e. The highest BCUT2D eigenvalue weighted by Gasteiger charge is 2.39. The fourth-order valence-electron chi connectivity index (χ4n) is 2.80. The number of ether oxygens (including phenoxy) is 1. The van der Waals surface area contributed by atoms with Crippen LogP contribution in [0.3, 0.4) is 0 Å². The standard InChI is InChI=1S/C16H20N4O2S2/c1-22-10-16(6-8-17-9-7-16)14(21)19-12-2-4-13(5-3-12)24-15-20-18-11-23-15/h2-5,11,17H,6-10H2,1H3,(H,19,21). The Balaban J connectivity index is 1.65. The molecule has 1 fully saturated rings. The third-order valence-corrected chi connectivity index (χ3v) is 5.91. The van der Waals surface area contributed by atoms with Crippen molar-refractivity contribution in [2.75, 3.05) is 32.1 Å². The fraction of sp³-hybridized carbons (Fsp3) is 0.438. The molecule has 128 valence electrons. The average Bonchev–Trinajstić information content (AvgIpc) is 3.11. The third kappa shape index (κ3) is 4.13. The topological polar surface area (TPSA) is 76.1 Å². The van der Waals surface area contributed by atoms with Gasteiger partial charge in [0.2, 0.25) is 5.91 Å². The molecule has 1 amide bonds. The summed E-state index contributed by atoms with van der Waals surface area (Å²) in [6.07, 6.45) is 1.58. The lowest BCUT2D eigenvalue weighted by atomic mass is 9.78. The number of piperidine rings is 1. The van der Waals surface area contributed by atoms with E-state index in [9.17, 15) is 4.79 Å². The summed E-state index contributed by atoms with van der Waals surface area (Å²) in [7, 11) is 1.65. The van der Waals surface area contributed by atoms with Crippen LogP contribution in [-0.2, 0) is 9.53 Å². The van der Waals surface area contributed by atoms with Crippen molar-refractivity contribution in [1.82, 2.24) is 15.5 Å². The predicted octanol–water partition coefficient (Wildman–Crippen LogP) is 2.64. The van der Waals surface area contributed by atoms with Gasteiger partial charge in [-0.05, 0) is 50.2 Å². The number of amides is 1. The van der Waals surface area contributed by atoms with Crippen LogP contribution >= 0.6 is 23.1 Å². The van der Waals surface area contributed by atoms with Gasteiger partial charge in [0.05, 0.1) is 12.0 Å². The van der Waals surface area contributed by atoms with Gasteiger partial charge in [-0.25, -0.2) is 0 Å². The van der Waals surface area contributed by atoms with E-state index < -0.39 is 5.41 Å². The van der Waals surface area contributed by atoms with E-state index in [1.165, 1.54) is 11.3 Å². The number of benzene rings is 1. The highest BCUT2D eigenvalue weighted by molar-refractivity contribution is 8.01. The maximum absolute atomic E-state index is 12.8. The van der Waals surface area contributed by atoms with Crippen molar-refractivity contribution in [3.05, 3.63) is 29.8 Å². The van der Waals surface area contributed by atoms with Crippen LogP contribution in [0.1, 0.15) is 12.8 Å². The second-order valence-corrected chi connectivity index (χ2v) is 7.90. The Labute approximate surface area is 149 Å². The molecule has 0 radical (unpaired) electrons. The van der Waals surface area contributed by atoms with E-state index in [0.29, 0.717) is 6.61 Å². The molecule has 2 aromatic rings. The summed E-state index contributed by atoms with van der Waals surface area (Å²) in [4.78, 5) is 13.8. The molecule has 0 aliphatic carbocycles. The summed E-state index contributed by atoms with van der Waals surface area (Å²) in [6.45, 7) is 2.13. The van der Waals surface area contributed by atoms with Crippen LogP contribution in [0.15, 0.2) is 39.0 Å². The number of rotatable bonds is 6. The number of hydrogen-bond donors (Lipinski definition) is 2. The van der Waals surface area contributed by atoms with Crippen LogP contribution in [0.5, 0.6) is 0 Å². The van der Waals surface area contributed by atoms with E-state index in [1.807, 2.05) is 24.3 Å². The van der Waals surface area contributed by atoms with Crippen LogP contribution < -0.4 is 10.6 Å². The summed E-state index contributed by atoms with van der Waals surface area (Å²) in [5.41, 5.74) is 2.07. The zero-order valence-corrected chi connectivity index (χ0v) is 15.1. The molecule has 6 nitrogen and oxygen atoms in total. The Kier molecular flexibility index (Phi) is 5.83. The number of nitrogens with zero attached hydrogens (tertiary/aromatic N) is 2. The lowest BCUT2D eigenvalue weighted by Crippen LogP contribution is -2.47. The zero-order chi connectivity index (χ0) is 16.8. The Hall–Kier alpha value is -1.48. The summed E-state index contributed by atoms with van der Waals surface area (Å²) >= 11 is 3.07. The minimum absolute atomic E-state index is 0.0374. The van der Waals surface area contributed by atoms with Crippen LogP contribution in [-0.4, -0.2) is 42.9 Å². The van der Waals surface area contributed by atoms with Crippen LogP contribution in [0.4, 0.5) is 5.69 Å². The summed E-state index contributed by atoms with van der Waals surface area (Å²) in [5.74, 6) is 0.0374. The molecule has 2 heterocycles. The first-order valence-electron chi connectivity index (χ1n) is 7.77. The van der Waals surface area contributed by atoms with Crippen molar-refractivity contribution in [1.29, 1.82) is 0 Å². The molecule has 0 saturated carbocycles. The molecule has 0 spiro atoms. The SMILES string of the molecule is COCC1(C(=O)Nc2ccc(Sc3nncs3)cc2)CCNCC1. The maximum Gasteiger partial charge on any atom is 0.233 e. The number of nitrogens with one attached hydrogen (secondary N) is 2. The molecule has 24 heavy (non-hydrogen) atoms. The molecule has 0 bridgehead atoms. The van der Waals surface area contributed by atoms with Gasteiger partial charge >= 0.3 is 0 Å². The average molecular weight is 364 g/mol. The highest BCUT2D eigenvalue weighted by atomic mass is 32.2. The van der Waals surface area contributed by atoms with Gasteiger partial charge in [-0.15, -0.1) is 10.2 Å². The van der Waals surface area contributed by atoms with Gasteiger partial charge in [0.1, 0.15) is 5.51 Å². The van der Waals surface area contributed by atoms with E-state index >= 15 is 0 Å². The highest BCUT2D eigenvalue weighted by Crippen LogP contribution is 2.32. The summed E-state index contributed by atoms with van der Waals surface area (Å²) < 4.78 is 6.22. The van der Waals surface area contributed by atoms with Crippen molar-refractivity contribution in [3.8, 4) is 0 Å². The molecule has 2 N–H and O–H groups in total. The fourth-order valence-corrected chi connectivity index (χ4v) is 4.25. The molecule has 1 aromatic carbocycles. The number of hydrogen-bond acceptors (Lipinski definition) is 7. The first-order valence-corrected chi connectivity index (χ1v) is 9.47. The maximum atomic E-state index is 12.8. The second-order valence-electron chi connectivity index (χ2n) is 5.75. The van der Waals surface area contributed by atoms with Crippen molar-refractivity contribution in [2.24, 2.45) is 5.41 Å². The second kappa shape index (κ2) is 8.06. The van der Waals surface area contributed by atoms with Gasteiger partial charge in [0.25, 0.3) is 0 Å². The van der Waals surface area contributed by atoms with Gasteiger partial charge in [-0.2, -0.15) is 0 Å². The first kappa shape index (κ1) is 17.3. The molecule has 1 aliphatic heterocycles. The molecular formula is C16H20N4O2S2. The van der Waals surface area contributed by atoms with Crippen LogP contribution in [0.25, 0.3) is 0 Å². The number of carbonyl (C=O) groups is 1. The monoisotopic (exact) mass is 364 g/mol. The van der Waals surface area contributed by atoms with Crippen molar-refractivity contribution < 1.29 is 9.53 Å². The number of methoxy groups -OCH3 is 1. The molecule has 0 unspecified atom stereocenters. The van der Waals surface area contributed by atoms with Gasteiger partial charge in [0, 0.05) is 17.7 Å². The quantitative estimate of drug-likeness (QED) is 0.821. The predicted molar refractivity (Wildman–Crippen MR) is 95.5 cm³/mol. The Morgan fingerprint density at radius 2 is 2.12 bits per heavy atom. The van der Waals surface area contributed by atoms with E-state index in [1.54, 1.807) is 24.4 Å². The number of aromatic nitrogens is 2. The summed E-state index contributed by atoms with van der Waals surface area (Å²) in [6, 6.07) is 7.80. The van der Waals surface area contributed by atoms with Crippen molar-refractivity contribution in [3.63, 3.8) is 0 Å². The molecule has 1 aliphatic rings. The Morgan fingerprint density at radius 1 is 1.38 bits per heavy atom. The van der Waals surface area contributed by atoms with E-state index in [4.69, 9.17) is 4.74 Å². The molecule has 0 atom stereocenters. The van der Waals surface area contributed by atoms with Gasteiger partial charge in [-0.1, -0.05) is 23.1 Å².